The van der Waals surface area contributed by atoms with Gasteiger partial charge in [0, 0.05) is 25.9 Å². The zero-order valence-corrected chi connectivity index (χ0v) is 13.6. The Labute approximate surface area is 146 Å². The molecule has 1 aromatic carbocycles. The number of carbonyl (C=O) groups excluding carboxylic acids is 1. The fourth-order valence-electron chi connectivity index (χ4n) is 2.60. The number of rotatable bonds is 3. The number of aliphatic carboxylic acids is 1. The summed E-state index contributed by atoms with van der Waals surface area (Å²) in [6.45, 7) is 0.139. The second-order valence-corrected chi connectivity index (χ2v) is 6.16. The van der Waals surface area contributed by atoms with E-state index in [0.29, 0.717) is 0 Å². The number of aliphatic hydroxyl groups is 1. The average molecular weight is 369 g/mol. The summed E-state index contributed by atoms with van der Waals surface area (Å²) in [7, 11) is 0. The molecule has 0 atom stereocenters. The molecule has 3 rings (SSSR count). The van der Waals surface area contributed by atoms with Crippen molar-refractivity contribution in [1.82, 2.24) is 19.9 Å². The fraction of sp³-hybridized carbons (Fsp3) is 0.333. The lowest BCUT2D eigenvalue weighted by Gasteiger charge is -2.34. The Balaban J connectivity index is 1.76. The summed E-state index contributed by atoms with van der Waals surface area (Å²) in [6.07, 6.45) is 1.12. The molecule has 0 bridgehead atoms. The lowest BCUT2D eigenvalue weighted by atomic mass is 9.91. The van der Waals surface area contributed by atoms with Crippen molar-refractivity contribution in [1.29, 1.82) is 0 Å². The van der Waals surface area contributed by atoms with Gasteiger partial charge < -0.3 is 15.1 Å². The van der Waals surface area contributed by atoms with E-state index >= 15 is 0 Å². The van der Waals surface area contributed by atoms with E-state index in [1.165, 1.54) is 23.2 Å². The first kappa shape index (κ1) is 17.3. The predicted octanol–water partition coefficient (Wildman–Crippen LogP) is 1.11. The largest absolute Gasteiger partial charge is 0.479 e. The van der Waals surface area contributed by atoms with Gasteiger partial charge in [0.2, 0.25) is 0 Å². The van der Waals surface area contributed by atoms with Crippen LogP contribution in [0.4, 0.5) is 4.39 Å². The number of carboxylic acid groups (broad SMARTS) is 1. The van der Waals surface area contributed by atoms with E-state index in [1.807, 2.05) is 0 Å². The minimum atomic E-state index is -1.82. The van der Waals surface area contributed by atoms with E-state index in [4.69, 9.17) is 16.7 Å². The molecule has 1 aliphatic heterocycles. The Hall–Kier alpha value is -2.52. The molecule has 8 nitrogen and oxygen atoms in total. The fourth-order valence-corrected chi connectivity index (χ4v) is 2.77. The second kappa shape index (κ2) is 6.41. The van der Waals surface area contributed by atoms with Crippen molar-refractivity contribution in [3.05, 3.63) is 40.9 Å². The number of carbonyl (C=O) groups is 2. The molecular formula is C15H14ClFN4O4. The summed E-state index contributed by atoms with van der Waals surface area (Å²) in [5.74, 6) is -2.46. The van der Waals surface area contributed by atoms with Crippen LogP contribution in [0.25, 0.3) is 5.69 Å². The normalized spacial score (nSPS) is 16.7. The van der Waals surface area contributed by atoms with E-state index in [-0.39, 0.29) is 42.3 Å². The summed E-state index contributed by atoms with van der Waals surface area (Å²) >= 11 is 5.72. The average Bonchev–Trinajstić information content (AvgIpc) is 3.07. The zero-order chi connectivity index (χ0) is 18.2. The number of aromatic nitrogens is 3. The number of hydrogen-bond donors (Lipinski definition) is 2. The molecular weight excluding hydrogens is 355 g/mol. The topological polar surface area (TPSA) is 109 Å². The monoisotopic (exact) mass is 368 g/mol. The van der Waals surface area contributed by atoms with Gasteiger partial charge >= 0.3 is 5.97 Å². The summed E-state index contributed by atoms with van der Waals surface area (Å²) in [6, 6.07) is 4.38. The number of carboxylic acids is 1. The molecule has 25 heavy (non-hydrogen) atoms. The van der Waals surface area contributed by atoms with Crippen molar-refractivity contribution in [3.63, 3.8) is 0 Å². The molecule has 0 unspecified atom stereocenters. The molecule has 132 valence electrons. The molecule has 0 spiro atoms. The Morgan fingerprint density at radius 1 is 1.28 bits per heavy atom. The Morgan fingerprint density at radius 3 is 2.60 bits per heavy atom. The van der Waals surface area contributed by atoms with Crippen molar-refractivity contribution in [2.75, 3.05) is 13.1 Å². The van der Waals surface area contributed by atoms with Crippen LogP contribution in [0.1, 0.15) is 23.3 Å². The number of hydrogen-bond acceptors (Lipinski definition) is 5. The van der Waals surface area contributed by atoms with Crippen LogP contribution < -0.4 is 0 Å². The smallest absolute Gasteiger partial charge is 0.335 e. The highest BCUT2D eigenvalue weighted by Gasteiger charge is 2.40. The zero-order valence-electron chi connectivity index (χ0n) is 12.9. The molecule has 1 saturated heterocycles. The third-order valence-corrected chi connectivity index (χ3v) is 4.46. The highest BCUT2D eigenvalue weighted by Crippen LogP contribution is 2.24. The molecule has 10 heteroatoms. The quantitative estimate of drug-likeness (QED) is 0.840. The van der Waals surface area contributed by atoms with Crippen LogP contribution in [0.15, 0.2) is 24.4 Å². The number of nitrogens with zero attached hydrogens (tertiary/aromatic N) is 4. The van der Waals surface area contributed by atoms with Gasteiger partial charge in [0.25, 0.3) is 5.91 Å². The van der Waals surface area contributed by atoms with Gasteiger partial charge in [0.05, 0.1) is 11.2 Å². The van der Waals surface area contributed by atoms with Crippen molar-refractivity contribution < 1.29 is 24.2 Å². The van der Waals surface area contributed by atoms with Gasteiger partial charge in [-0.05, 0) is 12.1 Å². The number of halogens is 2. The van der Waals surface area contributed by atoms with Gasteiger partial charge in [-0.2, -0.15) is 0 Å². The molecule has 2 aromatic rings. The van der Waals surface area contributed by atoms with Crippen LogP contribution in [0.2, 0.25) is 5.02 Å². The minimum absolute atomic E-state index is 0.0138. The van der Waals surface area contributed by atoms with E-state index in [0.717, 1.165) is 4.68 Å². The van der Waals surface area contributed by atoms with E-state index < -0.39 is 23.3 Å². The molecule has 0 saturated carbocycles. The maximum Gasteiger partial charge on any atom is 0.335 e. The summed E-state index contributed by atoms with van der Waals surface area (Å²) in [5.41, 5.74) is -1.78. The predicted molar refractivity (Wildman–Crippen MR) is 84.1 cm³/mol. The maximum atomic E-state index is 14.0. The van der Waals surface area contributed by atoms with E-state index in [1.54, 1.807) is 6.07 Å². The van der Waals surface area contributed by atoms with Gasteiger partial charge in [-0.25, -0.2) is 13.9 Å². The van der Waals surface area contributed by atoms with Crippen molar-refractivity contribution in [2.24, 2.45) is 0 Å². The van der Waals surface area contributed by atoms with Gasteiger partial charge in [-0.1, -0.05) is 22.9 Å². The first-order valence-corrected chi connectivity index (χ1v) is 7.81. The Kier molecular flexibility index (Phi) is 4.44. The Bertz CT molecular complexity index is 833. The Morgan fingerprint density at radius 2 is 1.96 bits per heavy atom. The number of likely N-dealkylation sites (tertiary alicyclic amines) is 1. The number of benzene rings is 1. The van der Waals surface area contributed by atoms with Crippen LogP contribution in [-0.4, -0.2) is 60.7 Å². The van der Waals surface area contributed by atoms with E-state index in [9.17, 15) is 19.1 Å². The van der Waals surface area contributed by atoms with Gasteiger partial charge in [0.15, 0.2) is 17.1 Å². The summed E-state index contributed by atoms with van der Waals surface area (Å²) < 4.78 is 15.1. The molecule has 1 amide bonds. The first-order chi connectivity index (χ1) is 11.8. The van der Waals surface area contributed by atoms with Crippen LogP contribution >= 0.6 is 11.6 Å². The standard InChI is InChI=1S/C15H14ClFN4O4/c16-9-2-1-3-11(12(9)17)21-8-10(18-19-21)13(22)20-6-4-15(25,5-7-20)14(23)24/h1-3,8,25H,4-7H2,(H,23,24). The molecule has 1 aliphatic rings. The van der Waals surface area contributed by atoms with Gasteiger partial charge in [0.1, 0.15) is 5.69 Å². The maximum absolute atomic E-state index is 14.0. The SMILES string of the molecule is O=C(c1cn(-c2cccc(Cl)c2F)nn1)N1CCC(O)(C(=O)O)CC1. The van der Waals surface area contributed by atoms with Crippen LogP contribution in [0.3, 0.4) is 0 Å². The van der Waals surface area contributed by atoms with Crippen LogP contribution in [0.5, 0.6) is 0 Å². The van der Waals surface area contributed by atoms with Crippen molar-refractivity contribution in [2.45, 2.75) is 18.4 Å². The van der Waals surface area contributed by atoms with Gasteiger partial charge in [-0.3, -0.25) is 4.79 Å². The second-order valence-electron chi connectivity index (χ2n) is 5.75. The molecule has 2 heterocycles. The van der Waals surface area contributed by atoms with Crippen molar-refractivity contribution in [3.8, 4) is 5.69 Å². The van der Waals surface area contributed by atoms with Crippen LogP contribution in [-0.2, 0) is 4.79 Å². The highest BCUT2D eigenvalue weighted by atomic mass is 35.5. The number of amides is 1. The van der Waals surface area contributed by atoms with Crippen molar-refractivity contribution >= 4 is 23.5 Å². The third-order valence-electron chi connectivity index (χ3n) is 4.17. The molecule has 1 aromatic heterocycles. The number of piperidine rings is 1. The van der Waals surface area contributed by atoms with Gasteiger partial charge in [-0.15, -0.1) is 5.10 Å². The minimum Gasteiger partial charge on any atom is -0.479 e. The summed E-state index contributed by atoms with van der Waals surface area (Å²) in [4.78, 5) is 24.8. The highest BCUT2D eigenvalue weighted by molar-refractivity contribution is 6.30. The molecule has 0 aliphatic carbocycles. The first-order valence-electron chi connectivity index (χ1n) is 7.43. The lowest BCUT2D eigenvalue weighted by molar-refractivity contribution is -0.162. The third kappa shape index (κ3) is 3.20. The molecule has 0 radical (unpaired) electrons. The lowest BCUT2D eigenvalue weighted by Crippen LogP contribution is -2.50. The van der Waals surface area contributed by atoms with E-state index in [2.05, 4.69) is 10.3 Å². The molecule has 2 N–H and O–H groups in total. The molecule has 1 fully saturated rings. The van der Waals surface area contributed by atoms with Crippen LogP contribution in [0, 0.1) is 5.82 Å². The summed E-state index contributed by atoms with van der Waals surface area (Å²) in [5, 5.41) is 26.3.